The molecule has 1 rings (SSSR count). The minimum Gasteiger partial charge on any atom is -0.308 e. The highest BCUT2D eigenvalue weighted by Crippen LogP contribution is 2.13. The molecule has 0 heterocycles. The lowest BCUT2D eigenvalue weighted by Gasteiger charge is -2.23. The first kappa shape index (κ1) is 17.3. The molecule has 0 radical (unpaired) electrons. The summed E-state index contributed by atoms with van der Waals surface area (Å²) < 4.78 is 0.960. The summed E-state index contributed by atoms with van der Waals surface area (Å²) in [6, 6.07) is 7.63. The monoisotopic (exact) mass is 340 g/mol. The average molecular weight is 341 g/mol. The van der Waals surface area contributed by atoms with Crippen molar-refractivity contribution in [2.75, 3.05) is 40.3 Å². The molecule has 0 spiro atoms. The van der Waals surface area contributed by atoms with E-state index in [1.165, 1.54) is 0 Å². The molecule has 0 fully saturated rings. The smallest absolute Gasteiger partial charge is 0.164 e. The van der Waals surface area contributed by atoms with Gasteiger partial charge in [-0.15, -0.1) is 0 Å². The van der Waals surface area contributed by atoms with Gasteiger partial charge in [0.25, 0.3) is 0 Å². The van der Waals surface area contributed by atoms with Crippen LogP contribution in [0.2, 0.25) is 0 Å². The predicted octanol–water partition coefficient (Wildman–Crippen LogP) is 3.30. The average Bonchev–Trinajstić information content (AvgIpc) is 2.41. The van der Waals surface area contributed by atoms with Crippen LogP contribution < -0.4 is 0 Å². The highest BCUT2D eigenvalue weighted by atomic mass is 79.9. The third-order valence-corrected chi connectivity index (χ3v) is 3.70. The molecule has 0 unspecified atom stereocenters. The van der Waals surface area contributed by atoms with E-state index in [4.69, 9.17) is 0 Å². The fraction of sp³-hybridized carbons (Fsp3) is 0.562. The summed E-state index contributed by atoms with van der Waals surface area (Å²) in [6.45, 7) is 6.13. The van der Waals surface area contributed by atoms with Crippen molar-refractivity contribution < 1.29 is 4.79 Å². The third-order valence-electron chi connectivity index (χ3n) is 3.20. The van der Waals surface area contributed by atoms with Crippen molar-refractivity contribution in [3.05, 3.63) is 34.3 Å². The Morgan fingerprint density at radius 3 is 2.50 bits per heavy atom. The quantitative estimate of drug-likeness (QED) is 0.644. The summed E-state index contributed by atoms with van der Waals surface area (Å²) in [5.74, 6) is 0.220. The minimum absolute atomic E-state index is 0.220. The van der Waals surface area contributed by atoms with Crippen molar-refractivity contribution in [2.45, 2.75) is 19.8 Å². The molecule has 0 aromatic heterocycles. The van der Waals surface area contributed by atoms with Crippen molar-refractivity contribution in [2.24, 2.45) is 0 Å². The molecule has 4 heteroatoms. The molecule has 0 N–H and O–H groups in total. The minimum atomic E-state index is 0.220. The third kappa shape index (κ3) is 6.64. The zero-order chi connectivity index (χ0) is 15.0. The van der Waals surface area contributed by atoms with E-state index < -0.39 is 0 Å². The predicted molar refractivity (Wildman–Crippen MR) is 88.4 cm³/mol. The first-order chi connectivity index (χ1) is 9.52. The van der Waals surface area contributed by atoms with E-state index in [2.05, 4.69) is 46.7 Å². The Hall–Kier alpha value is -0.710. The molecule has 1 aromatic carbocycles. The van der Waals surface area contributed by atoms with Gasteiger partial charge in [0.1, 0.15) is 0 Å². The van der Waals surface area contributed by atoms with Gasteiger partial charge >= 0.3 is 0 Å². The van der Waals surface area contributed by atoms with Crippen LogP contribution in [0, 0.1) is 0 Å². The number of carbonyl (C=O) groups excluding carboxylic acids is 1. The summed E-state index contributed by atoms with van der Waals surface area (Å²) in [7, 11) is 4.16. The maximum atomic E-state index is 12.2. The van der Waals surface area contributed by atoms with Gasteiger partial charge in [-0.3, -0.25) is 4.79 Å². The lowest BCUT2D eigenvalue weighted by atomic mass is 10.1. The second-order valence-corrected chi connectivity index (χ2v) is 6.24. The lowest BCUT2D eigenvalue weighted by molar-refractivity contribution is 0.0962. The number of rotatable bonds is 9. The van der Waals surface area contributed by atoms with Crippen LogP contribution in [0.3, 0.4) is 0 Å². The van der Waals surface area contributed by atoms with Gasteiger partial charge in [-0.05, 0) is 39.2 Å². The van der Waals surface area contributed by atoms with E-state index in [1.807, 2.05) is 24.3 Å². The Morgan fingerprint density at radius 2 is 1.90 bits per heavy atom. The van der Waals surface area contributed by atoms with Gasteiger partial charge < -0.3 is 9.80 Å². The molecule has 112 valence electrons. The maximum Gasteiger partial charge on any atom is 0.164 e. The molecule has 0 atom stereocenters. The molecule has 0 saturated heterocycles. The van der Waals surface area contributed by atoms with Crippen LogP contribution in [0.4, 0.5) is 0 Å². The molecule has 0 aliphatic carbocycles. The summed E-state index contributed by atoms with van der Waals surface area (Å²) in [6.07, 6.45) is 1.71. The number of hydrogen-bond acceptors (Lipinski definition) is 3. The molecular weight excluding hydrogens is 316 g/mol. The van der Waals surface area contributed by atoms with Crippen molar-refractivity contribution in [3.8, 4) is 0 Å². The highest BCUT2D eigenvalue weighted by Gasteiger charge is 2.10. The first-order valence-corrected chi connectivity index (χ1v) is 7.98. The summed E-state index contributed by atoms with van der Waals surface area (Å²) in [5.41, 5.74) is 0.795. The van der Waals surface area contributed by atoms with Crippen molar-refractivity contribution in [1.82, 2.24) is 9.80 Å². The van der Waals surface area contributed by atoms with E-state index in [9.17, 15) is 4.79 Å². The van der Waals surface area contributed by atoms with Gasteiger partial charge in [-0.1, -0.05) is 35.0 Å². The lowest BCUT2D eigenvalue weighted by Crippen LogP contribution is -2.34. The largest absolute Gasteiger partial charge is 0.308 e. The Morgan fingerprint density at radius 1 is 1.15 bits per heavy atom. The molecule has 0 amide bonds. The number of ketones is 1. The van der Waals surface area contributed by atoms with Crippen LogP contribution in [0.25, 0.3) is 0 Å². The fourth-order valence-electron chi connectivity index (χ4n) is 2.06. The zero-order valence-corrected chi connectivity index (χ0v) is 14.3. The number of benzene rings is 1. The van der Waals surface area contributed by atoms with Crippen molar-refractivity contribution in [1.29, 1.82) is 0 Å². The molecular formula is C16H25BrN2O. The summed E-state index contributed by atoms with van der Waals surface area (Å²) in [4.78, 5) is 16.7. The number of likely N-dealkylation sites (N-methyl/N-ethyl adjacent to an activating group) is 1. The second-order valence-electron chi connectivity index (χ2n) is 5.33. The number of carbonyl (C=O) groups is 1. The molecule has 1 aromatic rings. The van der Waals surface area contributed by atoms with Crippen LogP contribution in [0.15, 0.2) is 28.7 Å². The Kier molecular flexibility index (Phi) is 8.04. The van der Waals surface area contributed by atoms with Gasteiger partial charge in [0.05, 0.1) is 0 Å². The molecule has 3 nitrogen and oxygen atoms in total. The van der Waals surface area contributed by atoms with Crippen molar-refractivity contribution >= 4 is 21.7 Å². The fourth-order valence-corrected chi connectivity index (χ4v) is 2.46. The van der Waals surface area contributed by atoms with E-state index in [-0.39, 0.29) is 5.78 Å². The van der Waals surface area contributed by atoms with Crippen LogP contribution in [-0.2, 0) is 0 Å². The molecule has 20 heavy (non-hydrogen) atoms. The van der Waals surface area contributed by atoms with E-state index in [0.717, 1.165) is 42.6 Å². The topological polar surface area (TPSA) is 23.6 Å². The van der Waals surface area contributed by atoms with Crippen LogP contribution in [-0.4, -0.2) is 55.9 Å². The van der Waals surface area contributed by atoms with Gasteiger partial charge in [0, 0.05) is 36.1 Å². The van der Waals surface area contributed by atoms with E-state index in [1.54, 1.807) is 0 Å². The van der Waals surface area contributed by atoms with Crippen LogP contribution >= 0.6 is 15.9 Å². The zero-order valence-electron chi connectivity index (χ0n) is 12.7. The summed E-state index contributed by atoms with van der Waals surface area (Å²) in [5, 5.41) is 0. The second kappa shape index (κ2) is 9.27. The number of hydrogen-bond donors (Lipinski definition) is 0. The number of Topliss-reactive ketones (excluding diaryl/α,β-unsaturated/α-hetero) is 1. The van der Waals surface area contributed by atoms with Gasteiger partial charge in [0.2, 0.25) is 0 Å². The van der Waals surface area contributed by atoms with Crippen LogP contribution in [0.5, 0.6) is 0 Å². The Labute approximate surface area is 131 Å². The normalized spacial score (nSPS) is 11.3. The molecule has 0 aliphatic heterocycles. The van der Waals surface area contributed by atoms with Gasteiger partial charge in [0.15, 0.2) is 5.78 Å². The van der Waals surface area contributed by atoms with Gasteiger partial charge in [-0.25, -0.2) is 0 Å². The Balaban J connectivity index is 2.47. The maximum absolute atomic E-state index is 12.2. The number of nitrogens with zero attached hydrogens (tertiary/aromatic N) is 2. The van der Waals surface area contributed by atoms with E-state index in [0.29, 0.717) is 6.42 Å². The SMILES string of the molecule is CCCN(CCC(=O)c1cccc(Br)c1)CCN(C)C. The van der Waals surface area contributed by atoms with Crippen molar-refractivity contribution in [3.63, 3.8) is 0 Å². The molecule has 0 aliphatic rings. The van der Waals surface area contributed by atoms with Crippen LogP contribution in [0.1, 0.15) is 30.1 Å². The standard InChI is InChI=1S/C16H25BrN2O/c1-4-9-19(12-11-18(2)3)10-8-16(20)14-6-5-7-15(17)13-14/h5-7,13H,4,8-12H2,1-3H3. The summed E-state index contributed by atoms with van der Waals surface area (Å²) >= 11 is 3.41. The molecule has 0 bridgehead atoms. The number of halogens is 1. The first-order valence-electron chi connectivity index (χ1n) is 7.18. The highest BCUT2D eigenvalue weighted by molar-refractivity contribution is 9.10. The van der Waals surface area contributed by atoms with Gasteiger partial charge in [-0.2, -0.15) is 0 Å². The Bertz CT molecular complexity index is 421. The van der Waals surface area contributed by atoms with E-state index >= 15 is 0 Å². The molecule has 0 saturated carbocycles.